The number of hydrogen-bond acceptors (Lipinski definition) is 4. The lowest BCUT2D eigenvalue weighted by atomic mass is 10.2. The number of carbonyl (C=O) groups is 1. The van der Waals surface area contributed by atoms with Crippen LogP contribution in [0, 0.1) is 0 Å². The van der Waals surface area contributed by atoms with Crippen LogP contribution in [0.1, 0.15) is 41.5 Å². The normalized spacial score (nSPS) is 11.8. The van der Waals surface area contributed by atoms with Crippen LogP contribution in [0.4, 0.5) is 5.69 Å². The summed E-state index contributed by atoms with van der Waals surface area (Å²) in [4.78, 5) is 18.2. The van der Waals surface area contributed by atoms with E-state index in [1.807, 2.05) is 24.3 Å². The van der Waals surface area contributed by atoms with E-state index in [1.165, 1.54) is 6.92 Å². The Morgan fingerprint density at radius 1 is 1.18 bits per heavy atom. The number of benzene rings is 1. The molecule has 0 aliphatic rings. The molecule has 7 heteroatoms. The summed E-state index contributed by atoms with van der Waals surface area (Å²) in [6.07, 6.45) is 0. The first-order chi connectivity index (χ1) is 13.3. The molecule has 0 aliphatic heterocycles. The van der Waals surface area contributed by atoms with E-state index in [4.69, 9.17) is 4.74 Å². The van der Waals surface area contributed by atoms with Crippen LogP contribution in [0.2, 0.25) is 0 Å². The van der Waals surface area contributed by atoms with Crippen molar-refractivity contribution < 1.29 is 9.53 Å². The molecule has 0 aliphatic carbocycles. The molecule has 158 valence electrons. The van der Waals surface area contributed by atoms with Gasteiger partial charge in [-0.05, 0) is 46.8 Å². The van der Waals surface area contributed by atoms with Crippen LogP contribution in [0.15, 0.2) is 29.3 Å². The predicted octanol–water partition coefficient (Wildman–Crippen LogP) is 2.70. The first-order valence-electron chi connectivity index (χ1n) is 10.1. The van der Waals surface area contributed by atoms with Gasteiger partial charge in [-0.3, -0.25) is 14.7 Å². The van der Waals surface area contributed by atoms with Crippen molar-refractivity contribution >= 4 is 17.6 Å². The Hall–Kier alpha value is -2.28. The summed E-state index contributed by atoms with van der Waals surface area (Å²) in [5.74, 6) is 1.42. The minimum atomic E-state index is -0.0983. The zero-order valence-corrected chi connectivity index (χ0v) is 18.2. The van der Waals surface area contributed by atoms with Gasteiger partial charge in [-0.15, -0.1) is 0 Å². The highest BCUT2D eigenvalue weighted by atomic mass is 16.5. The lowest BCUT2D eigenvalue weighted by molar-refractivity contribution is -0.114. The van der Waals surface area contributed by atoms with Crippen molar-refractivity contribution in [3.8, 4) is 5.75 Å². The Morgan fingerprint density at radius 3 is 2.50 bits per heavy atom. The zero-order chi connectivity index (χ0) is 20.9. The SMILES string of the molecule is CCNC(=NCCN(C(C)C)C(C)C)NCCOc1cccc(NC(C)=O)c1. The molecule has 0 heterocycles. The van der Waals surface area contributed by atoms with Crippen molar-refractivity contribution in [3.05, 3.63) is 24.3 Å². The third-order valence-electron chi connectivity index (χ3n) is 4.12. The first kappa shape index (κ1) is 23.8. The van der Waals surface area contributed by atoms with E-state index in [9.17, 15) is 4.79 Å². The van der Waals surface area contributed by atoms with E-state index in [0.29, 0.717) is 25.2 Å². The van der Waals surface area contributed by atoms with Gasteiger partial charge in [-0.25, -0.2) is 0 Å². The molecule has 1 rings (SSSR count). The van der Waals surface area contributed by atoms with Crippen molar-refractivity contribution in [3.63, 3.8) is 0 Å². The summed E-state index contributed by atoms with van der Waals surface area (Å²) in [5, 5.41) is 9.31. The number of aliphatic imine (C=N–C) groups is 1. The van der Waals surface area contributed by atoms with Gasteiger partial charge < -0.3 is 20.7 Å². The number of guanidine groups is 1. The maximum absolute atomic E-state index is 11.1. The van der Waals surface area contributed by atoms with Gasteiger partial charge >= 0.3 is 0 Å². The molecule has 0 bridgehead atoms. The molecule has 3 N–H and O–H groups in total. The average molecular weight is 392 g/mol. The van der Waals surface area contributed by atoms with Crippen LogP contribution >= 0.6 is 0 Å². The third kappa shape index (κ3) is 9.60. The molecular weight excluding hydrogens is 354 g/mol. The number of ether oxygens (including phenoxy) is 1. The number of amides is 1. The second kappa shape index (κ2) is 13.0. The summed E-state index contributed by atoms with van der Waals surface area (Å²) in [6, 6.07) is 8.39. The molecule has 0 aromatic heterocycles. The molecule has 0 spiro atoms. The summed E-state index contributed by atoms with van der Waals surface area (Å²) < 4.78 is 5.76. The molecule has 1 amide bonds. The fourth-order valence-electron chi connectivity index (χ4n) is 2.94. The molecule has 0 saturated carbocycles. The number of nitrogens with one attached hydrogen (secondary N) is 3. The first-order valence-corrected chi connectivity index (χ1v) is 10.1. The molecule has 0 saturated heterocycles. The Kier molecular flexibility index (Phi) is 11.0. The molecule has 1 aromatic rings. The van der Waals surface area contributed by atoms with Gasteiger partial charge in [-0.2, -0.15) is 0 Å². The topological polar surface area (TPSA) is 78.0 Å². The molecule has 0 fully saturated rings. The molecule has 1 aromatic carbocycles. The zero-order valence-electron chi connectivity index (χ0n) is 18.2. The molecular formula is C21H37N5O2. The third-order valence-corrected chi connectivity index (χ3v) is 4.12. The highest BCUT2D eigenvalue weighted by Crippen LogP contribution is 2.17. The van der Waals surface area contributed by atoms with Crippen molar-refractivity contribution in [2.45, 2.75) is 53.6 Å². The van der Waals surface area contributed by atoms with E-state index in [0.717, 1.165) is 37.0 Å². The van der Waals surface area contributed by atoms with Crippen molar-refractivity contribution in [2.75, 3.05) is 38.1 Å². The smallest absolute Gasteiger partial charge is 0.221 e. The summed E-state index contributed by atoms with van der Waals surface area (Å²) in [6.45, 7) is 16.0. The van der Waals surface area contributed by atoms with Crippen molar-refractivity contribution in [1.82, 2.24) is 15.5 Å². The minimum Gasteiger partial charge on any atom is -0.492 e. The van der Waals surface area contributed by atoms with Crippen LogP contribution in [0.3, 0.4) is 0 Å². The second-order valence-corrected chi connectivity index (χ2v) is 7.17. The number of carbonyl (C=O) groups excluding carboxylic acids is 1. The van der Waals surface area contributed by atoms with Crippen LogP contribution in [-0.4, -0.2) is 61.6 Å². The quantitative estimate of drug-likeness (QED) is 0.307. The predicted molar refractivity (Wildman–Crippen MR) is 117 cm³/mol. The number of hydrogen-bond donors (Lipinski definition) is 3. The maximum atomic E-state index is 11.1. The van der Waals surface area contributed by atoms with Crippen LogP contribution in [-0.2, 0) is 4.79 Å². The van der Waals surface area contributed by atoms with Gasteiger partial charge in [0.25, 0.3) is 0 Å². The van der Waals surface area contributed by atoms with E-state index in [2.05, 4.69) is 60.5 Å². The van der Waals surface area contributed by atoms with Crippen LogP contribution < -0.4 is 20.7 Å². The lowest BCUT2D eigenvalue weighted by Crippen LogP contribution is -2.41. The van der Waals surface area contributed by atoms with Gasteiger partial charge in [0.1, 0.15) is 12.4 Å². The number of nitrogens with zero attached hydrogens (tertiary/aromatic N) is 2. The van der Waals surface area contributed by atoms with Crippen LogP contribution in [0.5, 0.6) is 5.75 Å². The molecule has 0 atom stereocenters. The van der Waals surface area contributed by atoms with Gasteiger partial charge in [0, 0.05) is 43.9 Å². The second-order valence-electron chi connectivity index (χ2n) is 7.17. The van der Waals surface area contributed by atoms with E-state index in [1.54, 1.807) is 0 Å². The maximum Gasteiger partial charge on any atom is 0.221 e. The Bertz CT molecular complexity index is 609. The lowest BCUT2D eigenvalue weighted by Gasteiger charge is -2.29. The Morgan fingerprint density at radius 2 is 1.89 bits per heavy atom. The van der Waals surface area contributed by atoms with Gasteiger partial charge in [0.2, 0.25) is 5.91 Å². The summed E-state index contributed by atoms with van der Waals surface area (Å²) >= 11 is 0. The van der Waals surface area contributed by atoms with E-state index >= 15 is 0 Å². The van der Waals surface area contributed by atoms with E-state index < -0.39 is 0 Å². The molecule has 0 unspecified atom stereocenters. The monoisotopic (exact) mass is 391 g/mol. The largest absolute Gasteiger partial charge is 0.492 e. The summed E-state index contributed by atoms with van der Waals surface area (Å²) in [5.41, 5.74) is 0.729. The highest BCUT2D eigenvalue weighted by Gasteiger charge is 2.12. The Balaban J connectivity index is 2.45. The van der Waals surface area contributed by atoms with Crippen molar-refractivity contribution in [1.29, 1.82) is 0 Å². The number of rotatable bonds is 11. The fraction of sp³-hybridized carbons (Fsp3) is 0.619. The van der Waals surface area contributed by atoms with Crippen LogP contribution in [0.25, 0.3) is 0 Å². The van der Waals surface area contributed by atoms with E-state index in [-0.39, 0.29) is 5.91 Å². The minimum absolute atomic E-state index is 0.0983. The number of anilines is 1. The summed E-state index contributed by atoms with van der Waals surface area (Å²) in [7, 11) is 0. The standard InChI is InChI=1S/C21H37N5O2/c1-7-22-21(23-11-13-26(16(2)3)17(4)5)24-12-14-28-20-10-8-9-19(15-20)25-18(6)27/h8-10,15-17H,7,11-14H2,1-6H3,(H,25,27)(H2,22,23,24). The highest BCUT2D eigenvalue weighted by molar-refractivity contribution is 5.88. The van der Waals surface area contributed by atoms with Gasteiger partial charge in [0.15, 0.2) is 5.96 Å². The van der Waals surface area contributed by atoms with Crippen molar-refractivity contribution in [2.24, 2.45) is 4.99 Å². The fourth-order valence-corrected chi connectivity index (χ4v) is 2.94. The van der Waals surface area contributed by atoms with Gasteiger partial charge in [-0.1, -0.05) is 6.07 Å². The molecule has 28 heavy (non-hydrogen) atoms. The average Bonchev–Trinajstić information content (AvgIpc) is 2.61. The van der Waals surface area contributed by atoms with Gasteiger partial charge in [0.05, 0.1) is 13.1 Å². The molecule has 0 radical (unpaired) electrons. The molecule has 7 nitrogen and oxygen atoms in total. The Labute approximate surface area is 169 Å².